The number of ether oxygens (including phenoxy) is 1. The number of nitrogens with zero attached hydrogens (tertiary/aromatic N) is 1. The third-order valence-electron chi connectivity index (χ3n) is 2.14. The van der Waals surface area contributed by atoms with E-state index < -0.39 is 6.36 Å². The highest BCUT2D eigenvalue weighted by Gasteiger charge is 2.31. The lowest BCUT2D eigenvalue weighted by molar-refractivity contribution is -0.274. The number of pyridine rings is 1. The van der Waals surface area contributed by atoms with Crippen LogP contribution >= 0.6 is 0 Å². The predicted octanol–water partition coefficient (Wildman–Crippen LogP) is 3.31. The van der Waals surface area contributed by atoms with Gasteiger partial charge in [0.2, 0.25) is 0 Å². The molecule has 0 unspecified atom stereocenters. The number of hydrogen-bond donors (Lipinski definition) is 2. The Morgan fingerprint density at radius 1 is 1.11 bits per heavy atom. The van der Waals surface area contributed by atoms with Crippen molar-refractivity contribution in [2.75, 3.05) is 11.1 Å². The van der Waals surface area contributed by atoms with Crippen LogP contribution < -0.4 is 15.8 Å². The summed E-state index contributed by atoms with van der Waals surface area (Å²) in [7, 11) is 0. The van der Waals surface area contributed by atoms with Crippen LogP contribution in [0.2, 0.25) is 0 Å². The number of aromatic nitrogens is 1. The van der Waals surface area contributed by atoms with E-state index in [1.54, 1.807) is 18.2 Å². The Hall–Kier alpha value is -2.44. The second kappa shape index (κ2) is 5.05. The number of rotatable bonds is 3. The number of hydrogen-bond acceptors (Lipinski definition) is 4. The first-order chi connectivity index (χ1) is 8.92. The van der Waals surface area contributed by atoms with E-state index >= 15 is 0 Å². The fourth-order valence-corrected chi connectivity index (χ4v) is 1.46. The van der Waals surface area contributed by atoms with E-state index in [9.17, 15) is 13.2 Å². The Morgan fingerprint density at radius 2 is 1.84 bits per heavy atom. The SMILES string of the molecule is Nc1cc(Nc2cccc(OC(F)(F)F)c2)ccn1. The summed E-state index contributed by atoms with van der Waals surface area (Å²) in [6, 6.07) is 8.74. The Balaban J connectivity index is 2.15. The fraction of sp³-hybridized carbons (Fsp3) is 0.0833. The third-order valence-corrected chi connectivity index (χ3v) is 2.14. The number of nitrogens with two attached hydrogens (primary N) is 1. The Labute approximate surface area is 107 Å². The van der Waals surface area contributed by atoms with Gasteiger partial charge in [0.25, 0.3) is 0 Å². The molecule has 0 amide bonds. The van der Waals surface area contributed by atoms with Crippen LogP contribution in [0.3, 0.4) is 0 Å². The minimum Gasteiger partial charge on any atom is -0.406 e. The van der Waals surface area contributed by atoms with Crippen LogP contribution in [0.4, 0.5) is 30.4 Å². The second-order valence-electron chi connectivity index (χ2n) is 3.67. The normalized spacial score (nSPS) is 11.1. The molecule has 2 rings (SSSR count). The number of alkyl halides is 3. The molecule has 0 fully saturated rings. The van der Waals surface area contributed by atoms with E-state index in [-0.39, 0.29) is 5.75 Å². The Morgan fingerprint density at radius 3 is 2.53 bits per heavy atom. The summed E-state index contributed by atoms with van der Waals surface area (Å²) in [5.41, 5.74) is 6.57. The third kappa shape index (κ3) is 4.06. The van der Waals surface area contributed by atoms with Gasteiger partial charge in [0.05, 0.1) is 0 Å². The molecule has 1 aromatic carbocycles. The van der Waals surface area contributed by atoms with Crippen molar-refractivity contribution in [1.82, 2.24) is 4.98 Å². The van der Waals surface area contributed by atoms with Crippen molar-refractivity contribution in [2.45, 2.75) is 6.36 Å². The topological polar surface area (TPSA) is 60.2 Å². The highest BCUT2D eigenvalue weighted by molar-refractivity contribution is 5.62. The molecule has 3 N–H and O–H groups in total. The van der Waals surface area contributed by atoms with Crippen LogP contribution in [0.1, 0.15) is 0 Å². The van der Waals surface area contributed by atoms with Gasteiger partial charge in [0.1, 0.15) is 11.6 Å². The van der Waals surface area contributed by atoms with E-state index in [0.717, 1.165) is 0 Å². The van der Waals surface area contributed by atoms with E-state index in [0.29, 0.717) is 17.2 Å². The van der Waals surface area contributed by atoms with Gasteiger partial charge in [0.15, 0.2) is 0 Å². The largest absolute Gasteiger partial charge is 0.573 e. The van der Waals surface area contributed by atoms with Crippen molar-refractivity contribution < 1.29 is 17.9 Å². The van der Waals surface area contributed by atoms with Crippen molar-refractivity contribution in [3.63, 3.8) is 0 Å². The second-order valence-corrected chi connectivity index (χ2v) is 3.67. The van der Waals surface area contributed by atoms with E-state index in [1.165, 1.54) is 24.4 Å². The lowest BCUT2D eigenvalue weighted by Crippen LogP contribution is -2.17. The van der Waals surface area contributed by atoms with Gasteiger partial charge in [-0.25, -0.2) is 4.98 Å². The molecule has 1 aromatic heterocycles. The van der Waals surface area contributed by atoms with Crippen LogP contribution in [0.25, 0.3) is 0 Å². The molecule has 0 aliphatic rings. The summed E-state index contributed by atoms with van der Waals surface area (Å²) in [6.45, 7) is 0. The molecule has 0 atom stereocenters. The number of halogens is 3. The first-order valence-electron chi connectivity index (χ1n) is 5.27. The molecule has 7 heteroatoms. The van der Waals surface area contributed by atoms with Gasteiger partial charge >= 0.3 is 6.36 Å². The molecule has 2 aromatic rings. The van der Waals surface area contributed by atoms with Crippen LogP contribution in [-0.4, -0.2) is 11.3 Å². The van der Waals surface area contributed by atoms with Gasteiger partial charge in [-0.15, -0.1) is 13.2 Å². The minimum absolute atomic E-state index is 0.292. The molecule has 0 spiro atoms. The molecule has 1 heterocycles. The number of nitrogens with one attached hydrogen (secondary N) is 1. The van der Waals surface area contributed by atoms with Crippen LogP contribution in [0.5, 0.6) is 5.75 Å². The average molecular weight is 269 g/mol. The van der Waals surface area contributed by atoms with Crippen molar-refractivity contribution in [1.29, 1.82) is 0 Å². The number of benzene rings is 1. The maximum absolute atomic E-state index is 12.1. The molecule has 0 saturated carbocycles. The Bertz CT molecular complexity index is 572. The summed E-state index contributed by atoms with van der Waals surface area (Å²) in [6.07, 6.45) is -3.21. The van der Waals surface area contributed by atoms with Crippen molar-refractivity contribution in [2.24, 2.45) is 0 Å². The van der Waals surface area contributed by atoms with Gasteiger partial charge in [-0.1, -0.05) is 6.07 Å². The van der Waals surface area contributed by atoms with Crippen LogP contribution in [-0.2, 0) is 0 Å². The molecule has 0 saturated heterocycles. The molecular weight excluding hydrogens is 259 g/mol. The molecule has 0 aliphatic heterocycles. The van der Waals surface area contributed by atoms with E-state index in [4.69, 9.17) is 5.73 Å². The first-order valence-corrected chi connectivity index (χ1v) is 5.27. The molecule has 0 aliphatic carbocycles. The summed E-state index contributed by atoms with van der Waals surface area (Å²) in [5, 5.41) is 2.90. The quantitative estimate of drug-likeness (QED) is 0.897. The highest BCUT2D eigenvalue weighted by Crippen LogP contribution is 2.26. The molecular formula is C12H10F3N3O. The van der Waals surface area contributed by atoms with Gasteiger partial charge in [-0.3, -0.25) is 0 Å². The molecule has 4 nitrogen and oxygen atoms in total. The van der Waals surface area contributed by atoms with Gasteiger partial charge < -0.3 is 15.8 Å². The van der Waals surface area contributed by atoms with Crippen molar-refractivity contribution in [3.8, 4) is 5.75 Å². The van der Waals surface area contributed by atoms with Gasteiger partial charge in [-0.05, 0) is 18.2 Å². The summed E-state index contributed by atoms with van der Waals surface area (Å²) >= 11 is 0. The molecule has 0 bridgehead atoms. The maximum atomic E-state index is 12.1. The monoisotopic (exact) mass is 269 g/mol. The van der Waals surface area contributed by atoms with Crippen molar-refractivity contribution >= 4 is 17.2 Å². The maximum Gasteiger partial charge on any atom is 0.573 e. The van der Waals surface area contributed by atoms with Gasteiger partial charge in [0, 0.05) is 29.7 Å². The highest BCUT2D eigenvalue weighted by atomic mass is 19.4. The lowest BCUT2D eigenvalue weighted by Gasteiger charge is -2.11. The Kier molecular flexibility index (Phi) is 3.46. The van der Waals surface area contributed by atoms with E-state index in [1.807, 2.05) is 0 Å². The standard InChI is InChI=1S/C12H10F3N3O/c13-12(14,15)19-10-3-1-2-8(6-10)18-9-4-5-17-11(16)7-9/h1-7H,(H3,16,17,18). The summed E-state index contributed by atoms with van der Waals surface area (Å²) < 4.78 is 40.1. The zero-order valence-electron chi connectivity index (χ0n) is 9.61. The molecule has 19 heavy (non-hydrogen) atoms. The summed E-state index contributed by atoms with van der Waals surface area (Å²) in [5.74, 6) is 0.0206. The van der Waals surface area contributed by atoms with E-state index in [2.05, 4.69) is 15.0 Å². The number of anilines is 3. The predicted molar refractivity (Wildman–Crippen MR) is 65.1 cm³/mol. The fourth-order valence-electron chi connectivity index (χ4n) is 1.46. The molecule has 100 valence electrons. The van der Waals surface area contributed by atoms with Gasteiger partial charge in [-0.2, -0.15) is 0 Å². The zero-order valence-corrected chi connectivity index (χ0v) is 9.61. The van der Waals surface area contributed by atoms with Crippen molar-refractivity contribution in [3.05, 3.63) is 42.6 Å². The smallest absolute Gasteiger partial charge is 0.406 e. The zero-order chi connectivity index (χ0) is 13.9. The minimum atomic E-state index is -4.71. The molecule has 0 radical (unpaired) electrons. The van der Waals surface area contributed by atoms with Crippen LogP contribution in [0, 0.1) is 0 Å². The first kappa shape index (κ1) is 13.0. The summed E-state index contributed by atoms with van der Waals surface area (Å²) in [4.78, 5) is 3.81. The van der Waals surface area contributed by atoms with Crippen LogP contribution in [0.15, 0.2) is 42.6 Å². The number of nitrogen functional groups attached to an aromatic ring is 1. The average Bonchev–Trinajstić information content (AvgIpc) is 2.27. The lowest BCUT2D eigenvalue weighted by atomic mass is 10.3.